The molecule has 0 fully saturated rings. The van der Waals surface area contributed by atoms with Crippen molar-refractivity contribution >= 4 is 27.1 Å². The van der Waals surface area contributed by atoms with Crippen molar-refractivity contribution in [2.24, 2.45) is 0 Å². The number of sulfone groups is 1. The van der Waals surface area contributed by atoms with Crippen LogP contribution in [0.25, 0.3) is 4.85 Å². The van der Waals surface area contributed by atoms with Gasteiger partial charge in [0.05, 0.1) is 17.0 Å². The first-order chi connectivity index (χ1) is 15.6. The molecule has 0 aliphatic rings. The monoisotopic (exact) mass is 533 g/mol. The highest BCUT2D eigenvalue weighted by molar-refractivity contribution is 7.91. The SMILES string of the molecule is [2H]N(C(=O)C(CC)(CS(=O)(=O)c1ccc(F)cc1C)[O+]([2H])[2H])c1ccc([N+]#[C-])c(C(F)(F)F)c1.[HH].[HH].[HH].[HH].[HH].[HH].[HH].[HH].[HH].[HH].[HH].[HH].[HH].[HH].[HH].[HH].[HH].[HH].[HH].[HH].[HH].[HH].[HH].[HH].[HH].[HH].[HH].[HH].[HH].[HH].[HH].[HH].[HH].[HH].[HH]. The number of carbonyl (C=O) groups excluding carboxylic acids is 1. The quantitative estimate of drug-likeness (QED) is 0.166. The second-order valence-corrected chi connectivity index (χ2v) is 8.70. The van der Waals surface area contributed by atoms with Crippen LogP contribution in [-0.2, 0) is 20.8 Å². The van der Waals surface area contributed by atoms with E-state index < -0.39 is 62.5 Å². The Morgan fingerprint density at radius 3 is 2.52 bits per heavy atom. The Balaban J connectivity index is -0.0000000109. The van der Waals surface area contributed by atoms with E-state index in [4.69, 9.17) is 10.8 Å². The van der Waals surface area contributed by atoms with Crippen LogP contribution >= 0.6 is 0 Å². The van der Waals surface area contributed by atoms with Gasteiger partial charge in [-0.3, -0.25) is 4.79 Å². The van der Waals surface area contributed by atoms with Gasteiger partial charge in [-0.05, 0) is 42.8 Å². The van der Waals surface area contributed by atoms with Crippen LogP contribution in [0.1, 0.15) is 74.4 Å². The summed E-state index contributed by atoms with van der Waals surface area (Å²) in [6.07, 6.45) is -5.48. The summed E-state index contributed by atoms with van der Waals surface area (Å²) in [6, 6.07) is 4.76. The first kappa shape index (κ1) is 20.0. The molecule has 2 rings (SSSR count). The van der Waals surface area contributed by atoms with Gasteiger partial charge in [-0.15, -0.1) is 0 Å². The van der Waals surface area contributed by atoms with E-state index in [1.165, 1.54) is 13.8 Å². The van der Waals surface area contributed by atoms with E-state index in [-0.39, 0.29) is 65.7 Å². The molecular weight excluding hydrogens is 440 g/mol. The number of benzene rings is 2. The largest absolute Gasteiger partial charge is 0.488 e. The molecule has 1 atom stereocenters. The Labute approximate surface area is 232 Å². The average Bonchev–Trinajstić information content (AvgIpc) is 2.74. The normalized spacial score (nSPS) is 15.4. The van der Waals surface area contributed by atoms with Gasteiger partial charge in [0.25, 0.3) is 5.60 Å². The number of hydrogen-bond donors (Lipinski definition) is 1. The number of alkyl halides is 3. The van der Waals surface area contributed by atoms with Crippen molar-refractivity contribution in [1.82, 2.24) is 0 Å². The van der Waals surface area contributed by atoms with Crippen molar-refractivity contribution in [3.05, 3.63) is 64.8 Å². The summed E-state index contributed by atoms with van der Waals surface area (Å²) in [5.41, 5.74) is -5.41. The van der Waals surface area contributed by atoms with Crippen LogP contribution in [0.15, 0.2) is 41.3 Å². The van der Waals surface area contributed by atoms with Crippen LogP contribution in [-0.4, -0.2) is 33.7 Å². The number of nitrogens with zero attached hydrogens (tertiary/aromatic N) is 1. The molecule has 236 valence electrons. The minimum Gasteiger partial charge on any atom is -0.433 e. The van der Waals surface area contributed by atoms with E-state index in [0.717, 1.165) is 35.4 Å². The summed E-state index contributed by atoms with van der Waals surface area (Å²) in [5, 5.41) is 0.699. The summed E-state index contributed by atoms with van der Waals surface area (Å²) in [6.45, 7) is 9.42. The smallest absolute Gasteiger partial charge is 0.433 e. The molecule has 0 aromatic heterocycles. The zero-order valence-corrected chi connectivity index (χ0v) is 17.1. The van der Waals surface area contributed by atoms with Gasteiger partial charge < -0.3 is 10.4 Å². The Morgan fingerprint density at radius 2 is 2.00 bits per heavy atom. The number of aryl methyl sites for hydroxylation is 1. The molecule has 0 spiro atoms. The molecule has 0 saturated carbocycles. The molecule has 1 unspecified atom stereocenters. The first-order valence-corrected chi connectivity index (χ1v) is 10.4. The molecule has 11 heteroatoms. The molecule has 3 N–H and O–H groups in total. The molecule has 0 aliphatic carbocycles. The maximum absolute atomic E-state index is 13.4. The molecule has 2 aromatic carbocycles. The molecule has 0 radical (unpaired) electrons. The maximum Gasteiger partial charge on any atom is 0.488 e. The standard InChI is InChI=1S/C20H18F4N2O4S.35H2/c1-4-19(28,11-31(29,30)17-8-5-13(21)9-12(17)2)18(27)26-14-6-7-16(25-3)15(10-14)20(22,23)24;;;;;;;;;;;;;;;;;;;;;;;;;;;;;;;;;;;/h5-10,28H,4,11H2,1-2H3,(H,26,27);35*1H/p+1/i28D;;;;;;;;;;;;;;;;;;;;;;;;;;;;;;;;;;;/hD2. The van der Waals surface area contributed by atoms with Crippen LogP contribution in [0.4, 0.5) is 28.9 Å². The fourth-order valence-corrected chi connectivity index (χ4v) is 4.72. The first-order valence-electron chi connectivity index (χ1n) is 10.0. The summed E-state index contributed by atoms with van der Waals surface area (Å²) in [4.78, 5) is 15.6. The zero-order chi connectivity index (χ0) is 26.1. The van der Waals surface area contributed by atoms with Gasteiger partial charge in [0.1, 0.15) is 11.6 Å². The van der Waals surface area contributed by atoms with Gasteiger partial charge in [-0.25, -0.2) is 17.7 Å². The molecule has 0 bridgehead atoms. The van der Waals surface area contributed by atoms with Crippen LogP contribution in [0.5, 0.6) is 0 Å². The van der Waals surface area contributed by atoms with Gasteiger partial charge in [0.2, 0.25) is 0 Å². The summed E-state index contributed by atoms with van der Waals surface area (Å²) in [7, 11) is -4.45. The predicted octanol–water partition coefficient (Wildman–Crippen LogP) is 12.6. The van der Waals surface area contributed by atoms with Crippen molar-refractivity contribution in [3.63, 3.8) is 0 Å². The minimum atomic E-state index is -4.98. The van der Waals surface area contributed by atoms with Gasteiger partial charge in [-0.2, -0.15) is 13.2 Å². The van der Waals surface area contributed by atoms with E-state index >= 15 is 0 Å². The zero-order valence-electron chi connectivity index (χ0n) is 19.3. The lowest BCUT2D eigenvalue weighted by molar-refractivity contribution is -0.137. The van der Waals surface area contributed by atoms with Crippen molar-refractivity contribution in [3.8, 4) is 0 Å². The summed E-state index contributed by atoms with van der Waals surface area (Å²) >= 11 is 0. The number of anilines is 1. The molecule has 6 nitrogen and oxygen atoms in total. The third-order valence-electron chi connectivity index (χ3n) is 4.49. The van der Waals surface area contributed by atoms with E-state index in [1.54, 1.807) is 0 Å². The van der Waals surface area contributed by atoms with E-state index in [0.29, 0.717) is 6.07 Å². The highest BCUT2D eigenvalue weighted by atomic mass is 32.2. The van der Waals surface area contributed by atoms with E-state index in [9.17, 15) is 30.8 Å². The number of nitrogens with one attached hydrogen (secondary N) is 1. The van der Waals surface area contributed by atoms with E-state index in [1.807, 2.05) is 0 Å². The van der Waals surface area contributed by atoms with Gasteiger partial charge >= 0.3 is 14.9 Å². The fourth-order valence-electron chi connectivity index (χ4n) is 2.80. The lowest BCUT2D eigenvalue weighted by Crippen LogP contribution is -2.48. The Morgan fingerprint density at radius 1 is 1.32 bits per heavy atom. The maximum atomic E-state index is 13.4. The predicted molar refractivity (Wildman–Crippen MR) is 180 cm³/mol. The lowest BCUT2D eigenvalue weighted by atomic mass is 10.0. The van der Waals surface area contributed by atoms with Crippen LogP contribution in [0.3, 0.4) is 0 Å². The van der Waals surface area contributed by atoms with Crippen molar-refractivity contribution in [2.45, 2.75) is 36.9 Å². The Bertz CT molecular complexity index is 1300. The van der Waals surface area contributed by atoms with Gasteiger partial charge in [0, 0.05) is 62.0 Å². The number of halogens is 4. The van der Waals surface area contributed by atoms with Gasteiger partial charge in [-0.1, -0.05) is 13.0 Å². The van der Waals surface area contributed by atoms with E-state index in [2.05, 4.69) is 4.85 Å². The molecule has 0 aliphatic heterocycles. The third-order valence-corrected chi connectivity index (χ3v) is 6.47. The van der Waals surface area contributed by atoms with Crippen LogP contribution in [0.2, 0.25) is 1.41 Å². The fraction of sp³-hybridized carbons (Fsp3) is 0.300. The second-order valence-electron chi connectivity index (χ2n) is 6.74. The molecule has 0 heterocycles. The Hall–Kier alpha value is -2.97. The summed E-state index contributed by atoms with van der Waals surface area (Å²) in [5.74, 6) is -3.41. The number of hydrogen-bond acceptors (Lipinski definition) is 3. The van der Waals surface area contributed by atoms with Crippen LogP contribution < -0.4 is 5.31 Å². The molecular formula is C20H89F4N2O4S+. The number of carbonyl (C=O) groups is 1. The van der Waals surface area contributed by atoms with Gasteiger partial charge in [0.15, 0.2) is 16.9 Å². The number of rotatable bonds is 7. The van der Waals surface area contributed by atoms with Crippen molar-refractivity contribution in [1.29, 1.82) is 2.86 Å². The number of amides is 1. The van der Waals surface area contributed by atoms with Crippen molar-refractivity contribution in [2.75, 3.05) is 11.1 Å². The topological polar surface area (TPSA) is 90.5 Å². The molecule has 1 amide bonds. The third kappa shape index (κ3) is 5.39. The molecule has 0 saturated heterocycles. The minimum absolute atomic E-state index is 0. The van der Waals surface area contributed by atoms with Crippen molar-refractivity contribution < 1.29 is 87.2 Å². The average molecular weight is 533 g/mol. The Kier molecular flexibility index (Phi) is 5.57. The highest BCUT2D eigenvalue weighted by Gasteiger charge is 2.45. The summed E-state index contributed by atoms with van der Waals surface area (Å²) < 4.78 is 103. The molecule has 31 heavy (non-hydrogen) atoms. The lowest BCUT2D eigenvalue weighted by Gasteiger charge is -2.22. The second kappa shape index (κ2) is 8.64. The molecule has 2 aromatic rings. The van der Waals surface area contributed by atoms with Crippen LogP contribution in [0, 0.1) is 19.3 Å². The highest BCUT2D eigenvalue weighted by Crippen LogP contribution is 2.38.